The van der Waals surface area contributed by atoms with Gasteiger partial charge in [-0.15, -0.1) is 0 Å². The molecule has 34 heavy (non-hydrogen) atoms. The van der Waals surface area contributed by atoms with Crippen molar-refractivity contribution in [3.8, 4) is 0 Å². The number of nitrogens with one attached hydrogen (secondary N) is 1. The molecule has 13 heteroatoms. The number of sulfonamides is 1. The molecule has 0 saturated heterocycles. The maximum atomic E-state index is 13.6. The minimum atomic E-state index is -4.68. The van der Waals surface area contributed by atoms with Gasteiger partial charge in [0, 0.05) is 0 Å². The fourth-order valence-electron chi connectivity index (χ4n) is 4.38. The zero-order valence-electron chi connectivity index (χ0n) is 17.6. The van der Waals surface area contributed by atoms with E-state index in [9.17, 15) is 21.6 Å². The van der Waals surface area contributed by atoms with Crippen LogP contribution in [0.15, 0.2) is 64.6 Å². The molecular weight excluding hydrogens is 471 g/mol. The van der Waals surface area contributed by atoms with E-state index in [2.05, 4.69) is 15.2 Å². The minimum absolute atomic E-state index is 0.0880. The Kier molecular flexibility index (Phi) is 5.06. The topological polar surface area (TPSA) is 134 Å². The molecule has 0 aliphatic carbocycles. The van der Waals surface area contributed by atoms with E-state index in [-0.39, 0.29) is 12.5 Å². The van der Waals surface area contributed by atoms with Gasteiger partial charge in [-0.25, -0.2) is 8.42 Å². The molecule has 2 aliphatic heterocycles. The second-order valence-corrected chi connectivity index (χ2v) is 9.91. The summed E-state index contributed by atoms with van der Waals surface area (Å²) in [5.41, 5.74) is 13.2. The van der Waals surface area contributed by atoms with Crippen molar-refractivity contribution in [3.05, 3.63) is 71.4 Å². The molecule has 2 atom stereocenters. The Morgan fingerprint density at radius 3 is 2.65 bits per heavy atom. The van der Waals surface area contributed by atoms with Gasteiger partial charge >= 0.3 is 6.18 Å². The van der Waals surface area contributed by atoms with E-state index in [0.29, 0.717) is 35.1 Å². The monoisotopic (exact) mass is 491 g/mol. The number of aromatic amines is 1. The first-order chi connectivity index (χ1) is 16.1. The Balaban J connectivity index is 1.57. The van der Waals surface area contributed by atoms with Crippen LogP contribution < -0.4 is 15.8 Å². The zero-order chi connectivity index (χ0) is 24.3. The molecule has 5 N–H and O–H groups in total. The summed E-state index contributed by atoms with van der Waals surface area (Å²) in [6, 6.07) is 10.00. The highest BCUT2D eigenvalue weighted by atomic mass is 32.2. The number of guanidine groups is 1. The normalized spacial score (nSPS) is 20.5. The van der Waals surface area contributed by atoms with Gasteiger partial charge in [0.15, 0.2) is 11.8 Å². The number of anilines is 1. The number of halogens is 3. The van der Waals surface area contributed by atoms with E-state index in [0.717, 1.165) is 22.5 Å². The molecule has 2 aliphatic rings. The molecular formula is C21H20F3N7O2S. The summed E-state index contributed by atoms with van der Waals surface area (Å²) >= 11 is 0. The maximum absolute atomic E-state index is 13.6. The molecule has 5 rings (SSSR count). The SMILES string of the molecule is NC1=Nc2[nH]ncc2C(N)N1C1Cc2ccccc2N(S(=O)(=O)c2cccc(C(F)(F)F)c2)C1. The standard InChI is InChI=1S/C21H20F3N7O2S/c22-21(23,24)13-5-3-6-15(9-13)34(32,33)30-11-14(8-12-4-1-2-7-17(12)30)31-18(25)16-10-27-29-19(16)28-20(31)26/h1-7,9-10,14,18H,8,11,25H2,(H3,26,27,28,29). The summed E-state index contributed by atoms with van der Waals surface area (Å²) in [7, 11) is -4.35. The van der Waals surface area contributed by atoms with Crippen LogP contribution in [-0.4, -0.2) is 42.1 Å². The highest BCUT2D eigenvalue weighted by Crippen LogP contribution is 2.38. The number of hydrogen-bond acceptors (Lipinski definition) is 7. The van der Waals surface area contributed by atoms with Crippen molar-refractivity contribution in [2.24, 2.45) is 16.5 Å². The van der Waals surface area contributed by atoms with Gasteiger partial charge in [-0.05, 0) is 36.2 Å². The molecule has 9 nitrogen and oxygen atoms in total. The number of benzene rings is 2. The van der Waals surface area contributed by atoms with Gasteiger partial charge < -0.3 is 16.4 Å². The zero-order valence-corrected chi connectivity index (χ0v) is 18.4. The van der Waals surface area contributed by atoms with E-state index in [1.165, 1.54) is 6.20 Å². The molecule has 0 spiro atoms. The van der Waals surface area contributed by atoms with Gasteiger partial charge in [0.2, 0.25) is 0 Å². The summed E-state index contributed by atoms with van der Waals surface area (Å²) in [6.45, 7) is -0.0906. The third-order valence-electron chi connectivity index (χ3n) is 5.99. The number of fused-ring (bicyclic) bond motifs is 2. The van der Waals surface area contributed by atoms with Crippen molar-refractivity contribution < 1.29 is 21.6 Å². The Morgan fingerprint density at radius 1 is 1.12 bits per heavy atom. The van der Waals surface area contributed by atoms with Crippen LogP contribution in [0.2, 0.25) is 0 Å². The van der Waals surface area contributed by atoms with Gasteiger partial charge in [0.05, 0.1) is 40.5 Å². The number of aromatic nitrogens is 2. The molecule has 1 aromatic heterocycles. The molecule has 2 aromatic carbocycles. The van der Waals surface area contributed by atoms with Crippen molar-refractivity contribution in [2.75, 3.05) is 10.8 Å². The molecule has 2 unspecified atom stereocenters. The molecule has 0 radical (unpaired) electrons. The molecule has 178 valence electrons. The second-order valence-electron chi connectivity index (χ2n) is 8.04. The predicted octanol–water partition coefficient (Wildman–Crippen LogP) is 2.47. The highest BCUT2D eigenvalue weighted by molar-refractivity contribution is 7.92. The molecule has 0 bridgehead atoms. The molecule has 3 heterocycles. The largest absolute Gasteiger partial charge is 0.416 e. The first-order valence-corrected chi connectivity index (χ1v) is 11.7. The lowest BCUT2D eigenvalue weighted by atomic mass is 9.97. The van der Waals surface area contributed by atoms with E-state index < -0.39 is 38.9 Å². The number of rotatable bonds is 3. The fourth-order valence-corrected chi connectivity index (χ4v) is 5.97. The molecule has 3 aromatic rings. The average Bonchev–Trinajstić information content (AvgIpc) is 3.27. The smallest absolute Gasteiger partial charge is 0.369 e. The van der Waals surface area contributed by atoms with Gasteiger partial charge in [-0.1, -0.05) is 24.3 Å². The van der Waals surface area contributed by atoms with Crippen LogP contribution >= 0.6 is 0 Å². The van der Waals surface area contributed by atoms with E-state index >= 15 is 0 Å². The summed E-state index contributed by atoms with van der Waals surface area (Å²) < 4.78 is 68.1. The molecule has 0 fully saturated rings. The minimum Gasteiger partial charge on any atom is -0.369 e. The van der Waals surface area contributed by atoms with Gasteiger partial charge in [0.25, 0.3) is 10.0 Å². The predicted molar refractivity (Wildman–Crippen MR) is 119 cm³/mol. The Morgan fingerprint density at radius 2 is 1.88 bits per heavy atom. The molecule has 0 saturated carbocycles. The molecule has 0 amide bonds. The number of nitrogens with two attached hydrogens (primary N) is 2. The van der Waals surface area contributed by atoms with Crippen LogP contribution in [0.3, 0.4) is 0 Å². The summed E-state index contributed by atoms with van der Waals surface area (Å²) in [5, 5.41) is 6.64. The van der Waals surface area contributed by atoms with Gasteiger partial charge in [0.1, 0.15) is 6.17 Å². The lowest BCUT2D eigenvalue weighted by Crippen LogP contribution is -2.57. The fraction of sp³-hybridized carbons (Fsp3) is 0.238. The maximum Gasteiger partial charge on any atom is 0.416 e. The van der Waals surface area contributed by atoms with Crippen molar-refractivity contribution in [1.82, 2.24) is 15.1 Å². The Labute approximate surface area is 192 Å². The van der Waals surface area contributed by atoms with Crippen molar-refractivity contribution in [1.29, 1.82) is 0 Å². The summed E-state index contributed by atoms with van der Waals surface area (Å²) in [6.07, 6.45) is -3.49. The lowest BCUT2D eigenvalue weighted by Gasteiger charge is -2.44. The lowest BCUT2D eigenvalue weighted by molar-refractivity contribution is -0.137. The van der Waals surface area contributed by atoms with E-state index in [4.69, 9.17) is 11.5 Å². The average molecular weight is 491 g/mol. The van der Waals surface area contributed by atoms with Gasteiger partial charge in [-0.2, -0.15) is 23.3 Å². The highest BCUT2D eigenvalue weighted by Gasteiger charge is 2.40. The van der Waals surface area contributed by atoms with Crippen LogP contribution in [0.25, 0.3) is 0 Å². The quantitative estimate of drug-likeness (QED) is 0.515. The van der Waals surface area contributed by atoms with E-state index in [1.54, 1.807) is 29.2 Å². The van der Waals surface area contributed by atoms with Crippen molar-refractivity contribution >= 4 is 27.5 Å². The number of nitrogens with zero attached hydrogens (tertiary/aromatic N) is 4. The third-order valence-corrected chi connectivity index (χ3v) is 7.77. The van der Waals surface area contributed by atoms with Crippen LogP contribution in [0, 0.1) is 0 Å². The van der Waals surface area contributed by atoms with Crippen LogP contribution in [0.4, 0.5) is 24.7 Å². The number of H-pyrrole nitrogens is 1. The van der Waals surface area contributed by atoms with Crippen LogP contribution in [-0.2, 0) is 22.6 Å². The first kappa shape index (κ1) is 22.2. The summed E-state index contributed by atoms with van der Waals surface area (Å²) in [4.78, 5) is 5.44. The Hall–Kier alpha value is -3.58. The van der Waals surface area contributed by atoms with Crippen molar-refractivity contribution in [3.63, 3.8) is 0 Å². The van der Waals surface area contributed by atoms with Crippen LogP contribution in [0.5, 0.6) is 0 Å². The number of hydrogen-bond donors (Lipinski definition) is 3. The Bertz CT molecular complexity index is 1390. The number of alkyl halides is 3. The summed E-state index contributed by atoms with van der Waals surface area (Å²) in [5.74, 6) is 0.510. The van der Waals surface area contributed by atoms with Gasteiger partial charge in [-0.3, -0.25) is 9.40 Å². The van der Waals surface area contributed by atoms with E-state index in [1.807, 2.05) is 0 Å². The second kappa shape index (κ2) is 7.74. The number of aliphatic imine (C=N–C) groups is 1. The van der Waals surface area contributed by atoms with Crippen molar-refractivity contribution in [2.45, 2.75) is 29.7 Å². The first-order valence-electron chi connectivity index (χ1n) is 10.3. The third kappa shape index (κ3) is 3.56. The number of para-hydroxylation sites is 1. The van der Waals surface area contributed by atoms with Crippen LogP contribution in [0.1, 0.15) is 22.9 Å².